The lowest BCUT2D eigenvalue weighted by Gasteiger charge is -2.14. The second-order valence-corrected chi connectivity index (χ2v) is 5.46. The Morgan fingerprint density at radius 1 is 1.13 bits per heavy atom. The summed E-state index contributed by atoms with van der Waals surface area (Å²) in [4.78, 5) is 24.2. The molecular formula is C19H21NO3. The molecule has 0 fully saturated rings. The van der Waals surface area contributed by atoms with Gasteiger partial charge in [0.15, 0.2) is 6.10 Å². The fourth-order valence-corrected chi connectivity index (χ4v) is 2.12. The van der Waals surface area contributed by atoms with Crippen molar-refractivity contribution in [2.45, 2.75) is 33.3 Å². The number of hydrogen-bond acceptors (Lipinski definition) is 3. The van der Waals surface area contributed by atoms with E-state index in [1.807, 2.05) is 37.3 Å². The summed E-state index contributed by atoms with van der Waals surface area (Å²) in [7, 11) is 0. The van der Waals surface area contributed by atoms with Gasteiger partial charge in [0, 0.05) is 5.69 Å². The minimum atomic E-state index is -0.867. The summed E-state index contributed by atoms with van der Waals surface area (Å²) in [6.45, 7) is 5.52. The lowest BCUT2D eigenvalue weighted by atomic mass is 10.1. The molecule has 0 aliphatic rings. The SMILES string of the molecule is CCc1ccc(NC(=O)[C@@H](C)OC(=O)c2cccc(C)c2)cc1. The second-order valence-electron chi connectivity index (χ2n) is 5.46. The summed E-state index contributed by atoms with van der Waals surface area (Å²) < 4.78 is 5.22. The number of aryl methyl sites for hydroxylation is 2. The summed E-state index contributed by atoms with van der Waals surface area (Å²) >= 11 is 0. The average molecular weight is 311 g/mol. The van der Waals surface area contributed by atoms with Gasteiger partial charge in [0.25, 0.3) is 5.91 Å². The van der Waals surface area contributed by atoms with Gasteiger partial charge in [-0.1, -0.05) is 36.8 Å². The molecule has 1 atom stereocenters. The van der Waals surface area contributed by atoms with Crippen LogP contribution in [0, 0.1) is 6.92 Å². The van der Waals surface area contributed by atoms with E-state index >= 15 is 0 Å². The smallest absolute Gasteiger partial charge is 0.338 e. The zero-order chi connectivity index (χ0) is 16.8. The molecule has 2 aromatic rings. The number of carbonyl (C=O) groups excluding carboxylic acids is 2. The Morgan fingerprint density at radius 3 is 2.43 bits per heavy atom. The van der Waals surface area contributed by atoms with Crippen LogP contribution in [0.2, 0.25) is 0 Å². The number of nitrogens with one attached hydrogen (secondary N) is 1. The van der Waals surface area contributed by atoms with E-state index in [-0.39, 0.29) is 5.91 Å². The van der Waals surface area contributed by atoms with Gasteiger partial charge in [-0.3, -0.25) is 4.79 Å². The Balaban J connectivity index is 1.95. The Hall–Kier alpha value is -2.62. The molecule has 4 heteroatoms. The number of ether oxygens (including phenoxy) is 1. The van der Waals surface area contributed by atoms with Crippen molar-refractivity contribution in [3.05, 3.63) is 65.2 Å². The summed E-state index contributed by atoms with van der Waals surface area (Å²) in [6, 6.07) is 14.7. The van der Waals surface area contributed by atoms with E-state index in [2.05, 4.69) is 12.2 Å². The maximum atomic E-state index is 12.1. The molecule has 120 valence electrons. The predicted molar refractivity (Wildman–Crippen MR) is 90.5 cm³/mol. The lowest BCUT2D eigenvalue weighted by molar-refractivity contribution is -0.123. The molecule has 0 aliphatic carbocycles. The normalized spacial score (nSPS) is 11.6. The van der Waals surface area contributed by atoms with Gasteiger partial charge in [-0.15, -0.1) is 0 Å². The molecule has 0 aromatic heterocycles. The van der Waals surface area contributed by atoms with E-state index in [1.54, 1.807) is 25.1 Å². The first-order valence-electron chi connectivity index (χ1n) is 7.67. The maximum Gasteiger partial charge on any atom is 0.338 e. The van der Waals surface area contributed by atoms with Crippen molar-refractivity contribution in [1.29, 1.82) is 0 Å². The van der Waals surface area contributed by atoms with E-state index in [0.717, 1.165) is 12.0 Å². The van der Waals surface area contributed by atoms with Crippen LogP contribution in [0.5, 0.6) is 0 Å². The quantitative estimate of drug-likeness (QED) is 0.856. The molecule has 0 radical (unpaired) electrons. The highest BCUT2D eigenvalue weighted by atomic mass is 16.5. The predicted octanol–water partition coefficient (Wildman–Crippen LogP) is 3.74. The minimum absolute atomic E-state index is 0.352. The van der Waals surface area contributed by atoms with Crippen molar-refractivity contribution in [2.24, 2.45) is 0 Å². The molecule has 1 N–H and O–H groups in total. The molecule has 23 heavy (non-hydrogen) atoms. The van der Waals surface area contributed by atoms with Gasteiger partial charge < -0.3 is 10.1 Å². The van der Waals surface area contributed by atoms with Crippen LogP contribution in [0.3, 0.4) is 0 Å². The molecule has 1 amide bonds. The molecule has 0 spiro atoms. The molecule has 0 heterocycles. The van der Waals surface area contributed by atoms with Crippen molar-refractivity contribution in [3.8, 4) is 0 Å². The largest absolute Gasteiger partial charge is 0.449 e. The third kappa shape index (κ3) is 4.68. The molecule has 0 aliphatic heterocycles. The molecular weight excluding hydrogens is 290 g/mol. The first kappa shape index (κ1) is 16.7. The Kier molecular flexibility index (Phi) is 5.52. The Morgan fingerprint density at radius 2 is 1.83 bits per heavy atom. The third-order valence-corrected chi connectivity index (χ3v) is 3.54. The van der Waals surface area contributed by atoms with Gasteiger partial charge >= 0.3 is 5.97 Å². The van der Waals surface area contributed by atoms with Crippen LogP contribution in [0.4, 0.5) is 5.69 Å². The van der Waals surface area contributed by atoms with Crippen molar-refractivity contribution in [1.82, 2.24) is 0 Å². The van der Waals surface area contributed by atoms with Gasteiger partial charge in [-0.05, 0) is 50.1 Å². The highest BCUT2D eigenvalue weighted by molar-refractivity contribution is 5.97. The van der Waals surface area contributed by atoms with Crippen LogP contribution >= 0.6 is 0 Å². The highest BCUT2D eigenvalue weighted by Gasteiger charge is 2.19. The van der Waals surface area contributed by atoms with Crippen molar-refractivity contribution >= 4 is 17.6 Å². The van der Waals surface area contributed by atoms with Gasteiger partial charge in [-0.2, -0.15) is 0 Å². The molecule has 0 bridgehead atoms. The molecule has 2 aromatic carbocycles. The van der Waals surface area contributed by atoms with Crippen LogP contribution in [-0.2, 0) is 16.0 Å². The number of hydrogen-bond donors (Lipinski definition) is 1. The summed E-state index contributed by atoms with van der Waals surface area (Å²) in [5, 5.41) is 2.75. The zero-order valence-corrected chi connectivity index (χ0v) is 13.6. The Labute approximate surface area is 136 Å². The third-order valence-electron chi connectivity index (χ3n) is 3.54. The zero-order valence-electron chi connectivity index (χ0n) is 13.6. The molecule has 0 saturated heterocycles. The van der Waals surface area contributed by atoms with Crippen LogP contribution < -0.4 is 5.32 Å². The highest BCUT2D eigenvalue weighted by Crippen LogP contribution is 2.12. The van der Waals surface area contributed by atoms with E-state index in [9.17, 15) is 9.59 Å². The number of benzene rings is 2. The van der Waals surface area contributed by atoms with Crippen molar-refractivity contribution < 1.29 is 14.3 Å². The van der Waals surface area contributed by atoms with Crippen molar-refractivity contribution in [3.63, 3.8) is 0 Å². The van der Waals surface area contributed by atoms with Gasteiger partial charge in [0.1, 0.15) is 0 Å². The monoisotopic (exact) mass is 311 g/mol. The average Bonchev–Trinajstić information content (AvgIpc) is 2.55. The number of rotatable bonds is 5. The summed E-state index contributed by atoms with van der Waals surface area (Å²) in [6.07, 6.45) is 0.0764. The molecule has 4 nitrogen and oxygen atoms in total. The van der Waals surface area contributed by atoms with Gasteiger partial charge in [0.2, 0.25) is 0 Å². The Bertz CT molecular complexity index is 692. The number of esters is 1. The first-order valence-corrected chi connectivity index (χ1v) is 7.67. The number of anilines is 1. The summed E-state index contributed by atoms with van der Waals surface area (Å²) in [5.41, 5.74) is 3.29. The fourth-order valence-electron chi connectivity index (χ4n) is 2.12. The van der Waals surface area contributed by atoms with Crippen LogP contribution in [0.1, 0.15) is 35.3 Å². The second kappa shape index (κ2) is 7.58. The first-order chi connectivity index (χ1) is 11.0. The van der Waals surface area contributed by atoms with E-state index in [1.165, 1.54) is 5.56 Å². The van der Waals surface area contributed by atoms with E-state index in [4.69, 9.17) is 4.74 Å². The van der Waals surface area contributed by atoms with Gasteiger partial charge in [-0.25, -0.2) is 4.79 Å². The molecule has 0 unspecified atom stereocenters. The number of amides is 1. The standard InChI is InChI=1S/C19H21NO3/c1-4-15-8-10-17(11-9-15)20-18(21)14(3)23-19(22)16-7-5-6-13(2)12-16/h5-12,14H,4H2,1-3H3,(H,20,21)/t14-/m1/s1. The molecule has 0 saturated carbocycles. The summed E-state index contributed by atoms with van der Waals surface area (Å²) in [5.74, 6) is -0.854. The van der Waals surface area contributed by atoms with Gasteiger partial charge in [0.05, 0.1) is 5.56 Å². The topological polar surface area (TPSA) is 55.4 Å². The molecule has 2 rings (SSSR count). The van der Waals surface area contributed by atoms with Crippen molar-refractivity contribution in [2.75, 3.05) is 5.32 Å². The van der Waals surface area contributed by atoms with E-state index < -0.39 is 12.1 Å². The van der Waals surface area contributed by atoms with Crippen LogP contribution in [0.25, 0.3) is 0 Å². The van der Waals surface area contributed by atoms with E-state index in [0.29, 0.717) is 11.3 Å². The van der Waals surface area contributed by atoms with Crippen LogP contribution in [0.15, 0.2) is 48.5 Å². The lowest BCUT2D eigenvalue weighted by Crippen LogP contribution is -2.30. The maximum absolute atomic E-state index is 12.1. The fraction of sp³-hybridized carbons (Fsp3) is 0.263. The van der Waals surface area contributed by atoms with Crippen LogP contribution in [-0.4, -0.2) is 18.0 Å². The number of carbonyl (C=O) groups is 2. The minimum Gasteiger partial charge on any atom is -0.449 e.